The number of rotatable bonds is 12. The number of carbonyl (C=O) groups excluding carboxylic acids is 2. The van der Waals surface area contributed by atoms with Crippen LogP contribution in [0.25, 0.3) is 0 Å². The molecule has 4 aromatic carbocycles. The van der Waals surface area contributed by atoms with Crippen LogP contribution in [-0.2, 0) is 40.1 Å². The van der Waals surface area contributed by atoms with Gasteiger partial charge in [-0.1, -0.05) is 54.1 Å². The van der Waals surface area contributed by atoms with E-state index in [-0.39, 0.29) is 55.1 Å². The standard InChI is InChI=1S/2C21H22N2O5S2/c1-2-14-23-15-12-21(13-16-23,20(24)22-25)30(27,28)19-10-8-18(9-11-19)29(26)17-6-4-3-5-7-17;1-2-14-23(26)15-12-21(13-16-23,20(24)22-25)30(27,28)19-10-8-18(9-11-19)29-17-6-4-3-5-7-17/h2*1,3-11,25H,12-16H2,(H,22,24). The number of likely N-dealkylation sites (tertiary alicyclic amines) is 2. The fraction of sp³-hybridized carbons (Fsp3) is 0.286. The lowest BCUT2D eigenvalue weighted by Gasteiger charge is -2.48. The molecule has 18 heteroatoms. The zero-order valence-electron chi connectivity index (χ0n) is 32.3. The van der Waals surface area contributed by atoms with Gasteiger partial charge in [0.15, 0.2) is 29.2 Å². The lowest BCUT2D eigenvalue weighted by molar-refractivity contribution is -0.878. The van der Waals surface area contributed by atoms with Crippen LogP contribution in [0, 0.1) is 29.9 Å². The highest BCUT2D eigenvalue weighted by atomic mass is 32.2. The first-order chi connectivity index (χ1) is 28.6. The van der Waals surface area contributed by atoms with Crippen LogP contribution in [0.4, 0.5) is 0 Å². The van der Waals surface area contributed by atoms with Crippen molar-refractivity contribution in [1.82, 2.24) is 15.9 Å². The van der Waals surface area contributed by atoms with Gasteiger partial charge >= 0.3 is 0 Å². The van der Waals surface area contributed by atoms with Gasteiger partial charge in [-0.3, -0.25) is 24.9 Å². The maximum Gasteiger partial charge on any atom is 0.265 e. The molecule has 316 valence electrons. The molecule has 0 radical (unpaired) electrons. The van der Waals surface area contributed by atoms with Gasteiger partial charge in [0.1, 0.15) is 6.54 Å². The first-order valence-corrected chi connectivity index (χ1v) is 23.5. The number of sulfone groups is 2. The van der Waals surface area contributed by atoms with Crippen molar-refractivity contribution in [2.45, 2.75) is 64.6 Å². The third-order valence-electron chi connectivity index (χ3n) is 10.7. The summed E-state index contributed by atoms with van der Waals surface area (Å²) in [5.74, 6) is 2.82. The summed E-state index contributed by atoms with van der Waals surface area (Å²) in [5, 5.41) is 31.1. The zero-order chi connectivity index (χ0) is 43.6. The molecule has 0 spiro atoms. The summed E-state index contributed by atoms with van der Waals surface area (Å²) in [7, 11) is -9.76. The highest BCUT2D eigenvalue weighted by molar-refractivity contribution is 7.99. The van der Waals surface area contributed by atoms with Crippen LogP contribution in [0.3, 0.4) is 0 Å². The third-order valence-corrected chi connectivity index (χ3v) is 18.1. The van der Waals surface area contributed by atoms with Crippen LogP contribution in [0.2, 0.25) is 0 Å². The fourth-order valence-corrected chi connectivity index (χ4v) is 13.0. The number of nitrogens with zero attached hydrogens (tertiary/aromatic N) is 2. The zero-order valence-corrected chi connectivity index (χ0v) is 35.6. The molecule has 2 amide bonds. The molecule has 4 aromatic rings. The Morgan fingerprint density at radius 2 is 1.13 bits per heavy atom. The molecule has 6 rings (SSSR count). The number of piperidine rings is 2. The van der Waals surface area contributed by atoms with Crippen molar-refractivity contribution in [3.63, 3.8) is 0 Å². The van der Waals surface area contributed by atoms with E-state index in [4.69, 9.17) is 12.8 Å². The molecule has 14 nitrogen and oxygen atoms in total. The second-order valence-corrected chi connectivity index (χ2v) is 21.3. The maximum atomic E-state index is 13.4. The number of hydroxylamine groups is 5. The Morgan fingerprint density at radius 3 is 1.60 bits per heavy atom. The van der Waals surface area contributed by atoms with Crippen molar-refractivity contribution in [2.75, 3.05) is 39.3 Å². The quantitative estimate of drug-likeness (QED) is 0.0519. The minimum atomic E-state index is -4.17. The largest absolute Gasteiger partial charge is 0.632 e. The summed E-state index contributed by atoms with van der Waals surface area (Å²) in [6.45, 7) is 0.636. The van der Waals surface area contributed by atoms with E-state index in [0.717, 1.165) is 9.79 Å². The first kappa shape index (κ1) is 46.2. The second kappa shape index (κ2) is 19.7. The summed E-state index contributed by atoms with van der Waals surface area (Å²) in [4.78, 5) is 29.7. The Hall–Kier alpha value is -4.86. The average Bonchev–Trinajstić information content (AvgIpc) is 3.27. The third kappa shape index (κ3) is 9.68. The number of carbonyl (C=O) groups is 2. The molecule has 0 saturated carbocycles. The number of hydrogen-bond donors (Lipinski definition) is 4. The monoisotopic (exact) mass is 892 g/mol. The normalized spacial score (nSPS) is 20.8. The summed E-state index contributed by atoms with van der Waals surface area (Å²) in [5.41, 5.74) is 3.01. The van der Waals surface area contributed by atoms with Gasteiger partial charge in [-0.15, -0.1) is 12.8 Å². The van der Waals surface area contributed by atoms with E-state index in [1.807, 2.05) is 41.3 Å². The van der Waals surface area contributed by atoms with Crippen molar-refractivity contribution in [1.29, 1.82) is 0 Å². The van der Waals surface area contributed by atoms with Gasteiger partial charge in [0.05, 0.1) is 40.2 Å². The van der Waals surface area contributed by atoms with Gasteiger partial charge in [0.25, 0.3) is 11.8 Å². The van der Waals surface area contributed by atoms with Gasteiger partial charge in [0.2, 0.25) is 0 Å². The van der Waals surface area contributed by atoms with E-state index >= 15 is 0 Å². The average molecular weight is 893 g/mol. The highest BCUT2D eigenvalue weighted by Gasteiger charge is 2.55. The van der Waals surface area contributed by atoms with Crippen LogP contribution in [0.1, 0.15) is 25.7 Å². The van der Waals surface area contributed by atoms with Gasteiger partial charge in [-0.05, 0) is 91.6 Å². The highest BCUT2D eigenvalue weighted by Crippen LogP contribution is 2.39. The predicted octanol–water partition coefficient (Wildman–Crippen LogP) is 4.20. The summed E-state index contributed by atoms with van der Waals surface area (Å²) in [6.07, 6.45) is 10.1. The molecule has 2 heterocycles. The summed E-state index contributed by atoms with van der Waals surface area (Å²) in [6, 6.07) is 30.3. The predicted molar refractivity (Wildman–Crippen MR) is 225 cm³/mol. The van der Waals surface area contributed by atoms with Crippen molar-refractivity contribution in [3.05, 3.63) is 114 Å². The molecular weight excluding hydrogens is 849 g/mol. The van der Waals surface area contributed by atoms with E-state index < -0.39 is 56.4 Å². The molecular formula is C42H44N4O10S4. The lowest BCUT2D eigenvalue weighted by Crippen LogP contribution is -2.61. The van der Waals surface area contributed by atoms with Gasteiger partial charge < -0.3 is 9.85 Å². The fourth-order valence-electron chi connectivity index (χ4n) is 7.16. The van der Waals surface area contributed by atoms with E-state index in [1.54, 1.807) is 36.4 Å². The molecule has 2 fully saturated rings. The minimum absolute atomic E-state index is 0.00110. The molecule has 0 aliphatic carbocycles. The Labute approximate surface area is 356 Å². The van der Waals surface area contributed by atoms with Crippen molar-refractivity contribution >= 4 is 54.1 Å². The number of nitrogens with one attached hydrogen (secondary N) is 2. The molecule has 0 aromatic heterocycles. The SMILES string of the molecule is C#CCN1CCC(C(=O)NO)(S(=O)(=O)c2ccc(S(=O)c3ccccc3)cc2)CC1.C#CC[N+]1([O-])CCC(C(=O)NO)(S(=O)(=O)c2ccc(Sc3ccccc3)cc2)CC1. The number of quaternary nitrogens is 1. The van der Waals surface area contributed by atoms with Crippen molar-refractivity contribution < 1.29 is 45.7 Å². The van der Waals surface area contributed by atoms with E-state index in [1.165, 1.54) is 59.1 Å². The smallest absolute Gasteiger partial charge is 0.265 e. The van der Waals surface area contributed by atoms with Crippen LogP contribution < -0.4 is 11.0 Å². The minimum Gasteiger partial charge on any atom is -0.632 e. The Bertz CT molecular complexity index is 2460. The number of hydrogen-bond acceptors (Lipinski definition) is 12. The number of benzene rings is 4. The van der Waals surface area contributed by atoms with E-state index in [0.29, 0.717) is 29.4 Å². The second-order valence-electron chi connectivity index (χ2n) is 14.2. The maximum absolute atomic E-state index is 13.4. The lowest BCUT2D eigenvalue weighted by atomic mass is 9.94. The Kier molecular flexibility index (Phi) is 15.2. The number of terminal acetylenes is 2. The molecule has 2 saturated heterocycles. The molecule has 60 heavy (non-hydrogen) atoms. The van der Waals surface area contributed by atoms with E-state index in [2.05, 4.69) is 11.8 Å². The topological polar surface area (TPSA) is 210 Å². The van der Waals surface area contributed by atoms with Gasteiger partial charge in [-0.25, -0.2) is 32.0 Å². The van der Waals surface area contributed by atoms with Gasteiger partial charge in [-0.2, -0.15) is 0 Å². The Morgan fingerprint density at radius 1 is 0.700 bits per heavy atom. The van der Waals surface area contributed by atoms with Crippen molar-refractivity contribution in [2.24, 2.45) is 0 Å². The van der Waals surface area contributed by atoms with Crippen LogP contribution >= 0.6 is 11.8 Å². The molecule has 2 aliphatic rings. The molecule has 1 atom stereocenters. The van der Waals surface area contributed by atoms with Crippen molar-refractivity contribution in [3.8, 4) is 24.7 Å². The first-order valence-electron chi connectivity index (χ1n) is 18.6. The Balaban J connectivity index is 0.000000228. The summed E-state index contributed by atoms with van der Waals surface area (Å²) < 4.78 is 61.9. The van der Waals surface area contributed by atoms with Crippen LogP contribution in [-0.4, -0.2) is 102 Å². The van der Waals surface area contributed by atoms with Crippen LogP contribution in [0.5, 0.6) is 0 Å². The molecule has 2 aliphatic heterocycles. The number of amides is 2. The van der Waals surface area contributed by atoms with Gasteiger partial charge in [0, 0.05) is 45.5 Å². The summed E-state index contributed by atoms with van der Waals surface area (Å²) >= 11 is 1.48. The molecule has 4 N–H and O–H groups in total. The van der Waals surface area contributed by atoms with Crippen LogP contribution in [0.15, 0.2) is 139 Å². The molecule has 0 bridgehead atoms. The molecule has 1 unspecified atom stereocenters. The van der Waals surface area contributed by atoms with E-state index in [9.17, 15) is 46.3 Å².